The SMILES string of the molecule is C[C@@H]1C(=O)CC[C@]2(c3ccccc3)c3n[nH]c(-c4cccc(O)c4)c3CC[C@@H]12. The third-order valence-electron chi connectivity index (χ3n) is 6.93. The molecule has 1 aromatic heterocycles. The number of carbonyl (C=O) groups is 1. The fourth-order valence-corrected chi connectivity index (χ4v) is 5.58. The number of phenols is 1. The van der Waals surface area contributed by atoms with Crippen LogP contribution in [0.5, 0.6) is 5.75 Å². The Morgan fingerprint density at radius 1 is 1.11 bits per heavy atom. The van der Waals surface area contributed by atoms with Gasteiger partial charge in [0, 0.05) is 28.9 Å². The highest BCUT2D eigenvalue weighted by Crippen LogP contribution is 2.55. The van der Waals surface area contributed by atoms with Crippen molar-refractivity contribution in [3.8, 4) is 17.0 Å². The highest BCUT2D eigenvalue weighted by atomic mass is 16.3. The first-order chi connectivity index (χ1) is 13.6. The molecule has 4 heteroatoms. The Balaban J connectivity index is 1.72. The smallest absolute Gasteiger partial charge is 0.136 e. The van der Waals surface area contributed by atoms with Crippen LogP contribution < -0.4 is 0 Å². The normalized spacial score (nSPS) is 26.5. The topological polar surface area (TPSA) is 66.0 Å². The minimum Gasteiger partial charge on any atom is -0.508 e. The molecule has 2 N–H and O–H groups in total. The van der Waals surface area contributed by atoms with E-state index in [1.54, 1.807) is 12.1 Å². The van der Waals surface area contributed by atoms with Crippen molar-refractivity contribution in [1.82, 2.24) is 10.2 Å². The van der Waals surface area contributed by atoms with Gasteiger partial charge in [0.05, 0.1) is 11.4 Å². The summed E-state index contributed by atoms with van der Waals surface area (Å²) in [6.07, 6.45) is 3.27. The number of nitrogens with zero attached hydrogens (tertiary/aromatic N) is 1. The molecule has 0 radical (unpaired) electrons. The molecule has 4 nitrogen and oxygen atoms in total. The summed E-state index contributed by atoms with van der Waals surface area (Å²) in [7, 11) is 0. The lowest BCUT2D eigenvalue weighted by Gasteiger charge is -2.49. The molecule has 1 fully saturated rings. The number of carbonyl (C=O) groups excluding carboxylic acids is 1. The molecule has 0 aliphatic heterocycles. The molecule has 1 saturated carbocycles. The van der Waals surface area contributed by atoms with E-state index in [4.69, 9.17) is 5.10 Å². The Bertz CT molecular complexity index is 1040. The number of nitrogens with one attached hydrogen (secondary N) is 1. The molecule has 3 aromatic rings. The van der Waals surface area contributed by atoms with Gasteiger partial charge in [-0.25, -0.2) is 0 Å². The molecule has 0 saturated heterocycles. The van der Waals surface area contributed by atoms with Gasteiger partial charge in [-0.15, -0.1) is 0 Å². The van der Waals surface area contributed by atoms with Gasteiger partial charge in [-0.3, -0.25) is 9.89 Å². The molecule has 2 aliphatic rings. The molecular weight excluding hydrogens is 348 g/mol. The quantitative estimate of drug-likeness (QED) is 0.689. The van der Waals surface area contributed by atoms with Crippen molar-refractivity contribution in [1.29, 1.82) is 0 Å². The van der Waals surface area contributed by atoms with Crippen LogP contribution in [0.4, 0.5) is 0 Å². The van der Waals surface area contributed by atoms with Gasteiger partial charge in [0.1, 0.15) is 11.5 Å². The predicted molar refractivity (Wildman–Crippen MR) is 108 cm³/mol. The van der Waals surface area contributed by atoms with Crippen molar-refractivity contribution in [2.45, 2.75) is 38.0 Å². The van der Waals surface area contributed by atoms with Gasteiger partial charge in [-0.2, -0.15) is 5.10 Å². The molecular formula is C24H24N2O2. The number of Topliss-reactive ketones (excluding diaryl/α,β-unsaturated/α-hetero) is 1. The number of aromatic hydroxyl groups is 1. The lowest BCUT2D eigenvalue weighted by atomic mass is 9.53. The van der Waals surface area contributed by atoms with Gasteiger partial charge in [-0.1, -0.05) is 49.4 Å². The van der Waals surface area contributed by atoms with E-state index in [2.05, 4.69) is 36.3 Å². The third kappa shape index (κ3) is 2.37. The first-order valence-corrected chi connectivity index (χ1v) is 10.1. The largest absolute Gasteiger partial charge is 0.508 e. The van der Waals surface area contributed by atoms with E-state index < -0.39 is 0 Å². The van der Waals surface area contributed by atoms with E-state index in [0.717, 1.165) is 36.2 Å². The maximum Gasteiger partial charge on any atom is 0.136 e. The average Bonchev–Trinajstić information content (AvgIpc) is 3.16. The van der Waals surface area contributed by atoms with E-state index in [9.17, 15) is 9.90 Å². The summed E-state index contributed by atoms with van der Waals surface area (Å²) < 4.78 is 0. The van der Waals surface area contributed by atoms with Crippen molar-refractivity contribution < 1.29 is 9.90 Å². The van der Waals surface area contributed by atoms with Crippen LogP contribution in [0.3, 0.4) is 0 Å². The summed E-state index contributed by atoms with van der Waals surface area (Å²) >= 11 is 0. The average molecular weight is 372 g/mol. The zero-order valence-electron chi connectivity index (χ0n) is 16.0. The zero-order chi connectivity index (χ0) is 19.3. The Hall–Kier alpha value is -2.88. The van der Waals surface area contributed by atoms with Crippen molar-refractivity contribution >= 4 is 5.78 Å². The minimum absolute atomic E-state index is 0.0445. The maximum atomic E-state index is 12.5. The van der Waals surface area contributed by atoms with Gasteiger partial charge in [0.2, 0.25) is 0 Å². The summed E-state index contributed by atoms with van der Waals surface area (Å²) in [5, 5.41) is 18.0. The van der Waals surface area contributed by atoms with Crippen molar-refractivity contribution in [2.75, 3.05) is 0 Å². The summed E-state index contributed by atoms with van der Waals surface area (Å²) in [5.74, 6) is 0.944. The van der Waals surface area contributed by atoms with E-state index in [1.807, 2.05) is 18.2 Å². The molecule has 2 aromatic carbocycles. The Morgan fingerprint density at radius 3 is 2.71 bits per heavy atom. The van der Waals surface area contributed by atoms with Gasteiger partial charge < -0.3 is 5.11 Å². The third-order valence-corrected chi connectivity index (χ3v) is 6.93. The molecule has 0 amide bonds. The second-order valence-electron chi connectivity index (χ2n) is 8.21. The number of phenolic OH excluding ortho intramolecular Hbond substituents is 1. The predicted octanol–water partition coefficient (Wildman–Crippen LogP) is 4.63. The highest BCUT2D eigenvalue weighted by Gasteiger charge is 2.53. The fourth-order valence-electron chi connectivity index (χ4n) is 5.58. The van der Waals surface area contributed by atoms with Crippen molar-refractivity contribution in [3.05, 3.63) is 71.4 Å². The van der Waals surface area contributed by atoms with Crippen molar-refractivity contribution in [2.24, 2.45) is 11.8 Å². The number of fused-ring (bicyclic) bond motifs is 3. The summed E-state index contributed by atoms with van der Waals surface area (Å²) in [6, 6.07) is 17.9. The first kappa shape index (κ1) is 17.2. The molecule has 0 spiro atoms. The Kier molecular flexibility index (Phi) is 3.90. The van der Waals surface area contributed by atoms with Crippen LogP contribution in [0.1, 0.15) is 43.0 Å². The molecule has 28 heavy (non-hydrogen) atoms. The lowest BCUT2D eigenvalue weighted by Crippen LogP contribution is -2.49. The van der Waals surface area contributed by atoms with Gasteiger partial charge in [0.15, 0.2) is 0 Å². The monoisotopic (exact) mass is 372 g/mol. The molecule has 2 aliphatic carbocycles. The van der Waals surface area contributed by atoms with Crippen LogP contribution in [-0.2, 0) is 16.6 Å². The zero-order valence-corrected chi connectivity index (χ0v) is 16.0. The van der Waals surface area contributed by atoms with Crippen LogP contribution in [0.25, 0.3) is 11.3 Å². The van der Waals surface area contributed by atoms with Crippen LogP contribution >= 0.6 is 0 Å². The highest BCUT2D eigenvalue weighted by molar-refractivity contribution is 5.83. The number of hydrogen-bond donors (Lipinski definition) is 2. The van der Waals surface area contributed by atoms with Gasteiger partial charge in [0.25, 0.3) is 0 Å². The minimum atomic E-state index is -0.228. The lowest BCUT2D eigenvalue weighted by molar-refractivity contribution is -0.128. The Morgan fingerprint density at radius 2 is 1.93 bits per heavy atom. The Labute approximate surface area is 164 Å². The first-order valence-electron chi connectivity index (χ1n) is 10.1. The van der Waals surface area contributed by atoms with Crippen LogP contribution in [0.2, 0.25) is 0 Å². The second-order valence-corrected chi connectivity index (χ2v) is 8.21. The maximum absolute atomic E-state index is 12.5. The summed E-state index contributed by atoms with van der Waals surface area (Å²) in [5.41, 5.74) is 5.29. The number of hydrogen-bond acceptors (Lipinski definition) is 3. The van der Waals surface area contributed by atoms with Gasteiger partial charge in [-0.05, 0) is 42.9 Å². The van der Waals surface area contributed by atoms with Gasteiger partial charge >= 0.3 is 0 Å². The summed E-state index contributed by atoms with van der Waals surface area (Å²) in [6.45, 7) is 2.09. The molecule has 142 valence electrons. The van der Waals surface area contributed by atoms with E-state index in [1.165, 1.54) is 11.1 Å². The van der Waals surface area contributed by atoms with E-state index in [-0.39, 0.29) is 23.0 Å². The number of aromatic nitrogens is 2. The number of H-pyrrole nitrogens is 1. The van der Waals surface area contributed by atoms with Crippen LogP contribution in [0.15, 0.2) is 54.6 Å². The fraction of sp³-hybridized carbons (Fsp3) is 0.333. The van der Waals surface area contributed by atoms with Crippen LogP contribution in [-0.4, -0.2) is 21.1 Å². The number of ketones is 1. The molecule has 1 heterocycles. The second kappa shape index (κ2) is 6.33. The molecule has 0 unspecified atom stereocenters. The standard InChI is InChI=1S/C24H24N2O2/c1-15-20-11-10-19-22(16-6-5-9-18(27)14-16)25-26-23(19)24(20,13-12-21(15)28)17-7-3-2-4-8-17/h2-9,14-15,20,27H,10-13H2,1H3,(H,25,26)/t15-,20-,24+/m0/s1. The number of aromatic amines is 1. The van der Waals surface area contributed by atoms with Crippen molar-refractivity contribution in [3.63, 3.8) is 0 Å². The summed E-state index contributed by atoms with van der Waals surface area (Å²) in [4.78, 5) is 12.5. The molecule has 5 rings (SSSR count). The van der Waals surface area contributed by atoms with E-state index in [0.29, 0.717) is 12.2 Å². The molecule has 3 atom stereocenters. The number of benzene rings is 2. The van der Waals surface area contributed by atoms with Crippen LogP contribution in [0, 0.1) is 11.8 Å². The van der Waals surface area contributed by atoms with E-state index >= 15 is 0 Å². The number of rotatable bonds is 2. The molecule has 0 bridgehead atoms.